The van der Waals surface area contributed by atoms with Crippen LogP contribution in [0.25, 0.3) is 0 Å². The third-order valence-corrected chi connectivity index (χ3v) is 4.63. The molecule has 4 nitrogen and oxygen atoms in total. The number of anilines is 2. The van der Waals surface area contributed by atoms with E-state index in [1.165, 1.54) is 58.3 Å². The van der Waals surface area contributed by atoms with E-state index < -0.39 is 23.4 Å². The molecule has 0 saturated carbocycles. The van der Waals surface area contributed by atoms with Crippen molar-refractivity contribution in [1.29, 1.82) is 0 Å². The minimum atomic E-state index is -1.66. The molecule has 1 heterocycles. The monoisotopic (exact) mass is 366 g/mol. The SMILES string of the molecule is O=C1N(c2ccc(F)cc2)CC(O)(c2ccccc2)N1c1ccc(F)cc1. The summed E-state index contributed by atoms with van der Waals surface area (Å²) in [6, 6.07) is 19.1. The number of benzene rings is 3. The van der Waals surface area contributed by atoms with Crippen molar-refractivity contribution in [3.8, 4) is 0 Å². The zero-order valence-corrected chi connectivity index (χ0v) is 14.2. The lowest BCUT2D eigenvalue weighted by atomic mass is 10.0. The zero-order valence-electron chi connectivity index (χ0n) is 14.2. The molecular weight excluding hydrogens is 350 g/mol. The van der Waals surface area contributed by atoms with Gasteiger partial charge >= 0.3 is 6.03 Å². The quantitative estimate of drug-likeness (QED) is 0.753. The van der Waals surface area contributed by atoms with Crippen molar-refractivity contribution in [3.63, 3.8) is 0 Å². The molecule has 1 unspecified atom stereocenters. The highest BCUT2D eigenvalue weighted by molar-refractivity contribution is 6.07. The Labute approximate surface area is 154 Å². The van der Waals surface area contributed by atoms with Gasteiger partial charge in [-0.05, 0) is 48.5 Å². The number of nitrogens with zero attached hydrogens (tertiary/aromatic N) is 2. The second-order valence-corrected chi connectivity index (χ2v) is 6.34. The standard InChI is InChI=1S/C21H16F2N2O2/c22-16-6-10-18(11-7-16)24-14-21(27,15-4-2-1-3-5-15)25(20(24)26)19-12-8-17(23)9-13-19/h1-13,27H,14H2. The van der Waals surface area contributed by atoms with Crippen LogP contribution in [-0.4, -0.2) is 17.7 Å². The molecule has 1 N–H and O–H groups in total. The number of aliphatic hydroxyl groups is 1. The number of carbonyl (C=O) groups is 1. The van der Waals surface area contributed by atoms with Gasteiger partial charge in [0.1, 0.15) is 11.6 Å². The fourth-order valence-corrected chi connectivity index (χ4v) is 3.30. The van der Waals surface area contributed by atoms with E-state index in [0.29, 0.717) is 16.9 Å². The molecule has 1 aliphatic rings. The zero-order chi connectivity index (χ0) is 19.0. The minimum absolute atomic E-state index is 0.0567. The van der Waals surface area contributed by atoms with Gasteiger partial charge in [0.15, 0.2) is 5.72 Å². The Hall–Kier alpha value is -3.25. The number of carbonyl (C=O) groups excluding carboxylic acids is 1. The van der Waals surface area contributed by atoms with Crippen LogP contribution in [0.4, 0.5) is 25.0 Å². The highest BCUT2D eigenvalue weighted by atomic mass is 19.1. The summed E-state index contributed by atoms with van der Waals surface area (Å²) >= 11 is 0. The Bertz CT molecular complexity index is 962. The van der Waals surface area contributed by atoms with Crippen LogP contribution in [0.5, 0.6) is 0 Å². The molecule has 3 aromatic rings. The molecule has 0 aromatic heterocycles. The van der Waals surface area contributed by atoms with E-state index >= 15 is 0 Å². The number of β-amino-alcohol motifs (C(OH)–C–C–N with tert-alkyl or cyclic N) is 1. The van der Waals surface area contributed by atoms with Gasteiger partial charge < -0.3 is 5.11 Å². The lowest BCUT2D eigenvalue weighted by Gasteiger charge is -2.32. The van der Waals surface area contributed by atoms with Crippen LogP contribution >= 0.6 is 0 Å². The van der Waals surface area contributed by atoms with E-state index in [4.69, 9.17) is 0 Å². The summed E-state index contributed by atoms with van der Waals surface area (Å²) in [4.78, 5) is 15.8. The van der Waals surface area contributed by atoms with E-state index in [2.05, 4.69) is 0 Å². The molecule has 1 aliphatic heterocycles. The lowest BCUT2D eigenvalue weighted by Crippen LogP contribution is -2.44. The molecule has 0 spiro atoms. The predicted octanol–water partition coefficient (Wildman–Crippen LogP) is 4.26. The maximum absolute atomic E-state index is 13.4. The van der Waals surface area contributed by atoms with Crippen LogP contribution in [0, 0.1) is 11.6 Å². The van der Waals surface area contributed by atoms with E-state index in [-0.39, 0.29) is 6.54 Å². The van der Waals surface area contributed by atoms with Crippen molar-refractivity contribution < 1.29 is 18.7 Å². The first-order valence-electron chi connectivity index (χ1n) is 8.40. The first kappa shape index (κ1) is 17.2. The first-order chi connectivity index (χ1) is 13.0. The second-order valence-electron chi connectivity index (χ2n) is 6.34. The van der Waals surface area contributed by atoms with E-state index in [1.54, 1.807) is 24.3 Å². The Morgan fingerprint density at radius 3 is 1.85 bits per heavy atom. The van der Waals surface area contributed by atoms with Gasteiger partial charge in [-0.15, -0.1) is 0 Å². The van der Waals surface area contributed by atoms with E-state index in [9.17, 15) is 18.7 Å². The maximum Gasteiger partial charge on any atom is 0.331 e. The number of urea groups is 1. The largest absolute Gasteiger partial charge is 0.365 e. The Morgan fingerprint density at radius 2 is 1.30 bits per heavy atom. The Kier molecular flexibility index (Phi) is 4.12. The summed E-state index contributed by atoms with van der Waals surface area (Å²) in [5.41, 5.74) is -0.324. The van der Waals surface area contributed by atoms with Crippen LogP contribution in [-0.2, 0) is 5.72 Å². The van der Waals surface area contributed by atoms with Crippen molar-refractivity contribution in [3.05, 3.63) is 96.1 Å². The van der Waals surface area contributed by atoms with Gasteiger partial charge in [-0.25, -0.2) is 13.6 Å². The van der Waals surface area contributed by atoms with Crippen molar-refractivity contribution >= 4 is 17.4 Å². The molecule has 136 valence electrons. The molecule has 6 heteroatoms. The fourth-order valence-electron chi connectivity index (χ4n) is 3.30. The molecule has 3 aromatic carbocycles. The van der Waals surface area contributed by atoms with Crippen LogP contribution in [0.3, 0.4) is 0 Å². The molecular formula is C21H16F2N2O2. The number of rotatable bonds is 3. The summed E-state index contributed by atoms with van der Waals surface area (Å²) in [5, 5.41) is 11.5. The van der Waals surface area contributed by atoms with Gasteiger partial charge in [0.05, 0.1) is 6.54 Å². The third-order valence-electron chi connectivity index (χ3n) is 4.63. The van der Waals surface area contributed by atoms with Crippen LogP contribution in [0.15, 0.2) is 78.9 Å². The van der Waals surface area contributed by atoms with Gasteiger partial charge in [-0.3, -0.25) is 9.80 Å². The molecule has 2 amide bonds. The number of amides is 2. The smallest absolute Gasteiger partial charge is 0.331 e. The van der Waals surface area contributed by atoms with E-state index in [1.807, 2.05) is 6.07 Å². The Balaban J connectivity index is 1.83. The van der Waals surface area contributed by atoms with Gasteiger partial charge in [0.2, 0.25) is 0 Å². The maximum atomic E-state index is 13.4. The van der Waals surface area contributed by atoms with Crippen molar-refractivity contribution in [2.45, 2.75) is 5.72 Å². The normalized spacial score (nSPS) is 19.6. The topological polar surface area (TPSA) is 43.8 Å². The summed E-state index contributed by atoms with van der Waals surface area (Å²) in [6.07, 6.45) is 0. The van der Waals surface area contributed by atoms with Gasteiger partial charge in [0, 0.05) is 16.9 Å². The molecule has 1 saturated heterocycles. The van der Waals surface area contributed by atoms with Crippen LogP contribution in [0.2, 0.25) is 0 Å². The highest BCUT2D eigenvalue weighted by Crippen LogP contribution is 2.39. The summed E-state index contributed by atoms with van der Waals surface area (Å²) in [5.74, 6) is -0.858. The molecule has 0 bridgehead atoms. The second kappa shape index (κ2) is 6.48. The molecule has 0 radical (unpaired) electrons. The average molecular weight is 366 g/mol. The molecule has 27 heavy (non-hydrogen) atoms. The van der Waals surface area contributed by atoms with Crippen molar-refractivity contribution in [2.75, 3.05) is 16.3 Å². The predicted molar refractivity (Wildman–Crippen MR) is 98.4 cm³/mol. The summed E-state index contributed by atoms with van der Waals surface area (Å²) < 4.78 is 26.6. The molecule has 0 aliphatic carbocycles. The van der Waals surface area contributed by atoms with Gasteiger partial charge in [0.25, 0.3) is 0 Å². The Morgan fingerprint density at radius 1 is 0.778 bits per heavy atom. The van der Waals surface area contributed by atoms with Crippen molar-refractivity contribution in [1.82, 2.24) is 0 Å². The van der Waals surface area contributed by atoms with Crippen LogP contribution in [0.1, 0.15) is 5.56 Å². The fraction of sp³-hybridized carbons (Fsp3) is 0.0952. The first-order valence-corrected chi connectivity index (χ1v) is 8.40. The van der Waals surface area contributed by atoms with Gasteiger partial charge in [-0.2, -0.15) is 0 Å². The molecule has 1 fully saturated rings. The highest BCUT2D eigenvalue weighted by Gasteiger charge is 2.51. The summed E-state index contributed by atoms with van der Waals surface area (Å²) in [6.45, 7) is -0.0567. The average Bonchev–Trinajstić information content (AvgIpc) is 2.96. The summed E-state index contributed by atoms with van der Waals surface area (Å²) in [7, 11) is 0. The van der Waals surface area contributed by atoms with Crippen molar-refractivity contribution in [2.24, 2.45) is 0 Å². The molecule has 1 atom stereocenters. The number of hydrogen-bond acceptors (Lipinski definition) is 2. The number of hydrogen-bond donors (Lipinski definition) is 1. The number of halogens is 2. The third kappa shape index (κ3) is 2.94. The van der Waals surface area contributed by atoms with Crippen LogP contribution < -0.4 is 9.80 Å². The van der Waals surface area contributed by atoms with Gasteiger partial charge in [-0.1, -0.05) is 30.3 Å². The molecule has 4 rings (SSSR count). The van der Waals surface area contributed by atoms with E-state index in [0.717, 1.165) is 0 Å². The minimum Gasteiger partial charge on any atom is -0.365 e. The lowest BCUT2D eigenvalue weighted by molar-refractivity contribution is 0.0655.